The second-order valence-corrected chi connectivity index (χ2v) is 3.87. The van der Waals surface area contributed by atoms with Crippen molar-refractivity contribution in [2.45, 2.75) is 13.0 Å². The van der Waals surface area contributed by atoms with Crippen LogP contribution in [0.25, 0.3) is 0 Å². The normalized spacial score (nSPS) is 11.9. The number of hydrogen-bond acceptors (Lipinski definition) is 3. The Hall–Kier alpha value is -1.59. The lowest BCUT2D eigenvalue weighted by molar-refractivity contribution is -0.117. The van der Waals surface area contributed by atoms with Crippen molar-refractivity contribution in [3.05, 3.63) is 28.8 Å². The predicted molar refractivity (Wildman–Crippen MR) is 65.6 cm³/mol. The first-order valence-electron chi connectivity index (χ1n) is 4.97. The zero-order chi connectivity index (χ0) is 13.0. The van der Waals surface area contributed by atoms with Crippen LogP contribution in [0.3, 0.4) is 0 Å². The molecule has 17 heavy (non-hydrogen) atoms. The fourth-order valence-electron chi connectivity index (χ4n) is 1.22. The second-order valence-electron chi connectivity index (χ2n) is 3.47. The Morgan fingerprint density at radius 1 is 1.41 bits per heavy atom. The molecule has 6 heteroatoms. The number of carboxylic acid groups (broad SMARTS) is 1. The summed E-state index contributed by atoms with van der Waals surface area (Å²) < 4.78 is 0. The third-order valence-electron chi connectivity index (χ3n) is 2.31. The van der Waals surface area contributed by atoms with E-state index in [1.54, 1.807) is 20.0 Å². The lowest BCUT2D eigenvalue weighted by Crippen LogP contribution is -2.35. The van der Waals surface area contributed by atoms with Crippen molar-refractivity contribution < 1.29 is 14.7 Å². The number of benzene rings is 1. The fourth-order valence-corrected chi connectivity index (χ4v) is 1.47. The highest BCUT2D eigenvalue weighted by atomic mass is 35.5. The minimum atomic E-state index is -1.18. The molecule has 1 atom stereocenters. The van der Waals surface area contributed by atoms with Crippen LogP contribution < -0.4 is 10.6 Å². The van der Waals surface area contributed by atoms with E-state index in [2.05, 4.69) is 10.6 Å². The van der Waals surface area contributed by atoms with Gasteiger partial charge in [0.05, 0.1) is 16.8 Å². The van der Waals surface area contributed by atoms with Gasteiger partial charge in [0.15, 0.2) is 0 Å². The van der Waals surface area contributed by atoms with Crippen LogP contribution in [0.2, 0.25) is 5.02 Å². The maximum Gasteiger partial charge on any atom is 0.339 e. The Bertz CT molecular complexity index is 448. The third kappa shape index (κ3) is 3.18. The molecule has 1 amide bonds. The first kappa shape index (κ1) is 13.5. The molecule has 3 N–H and O–H groups in total. The lowest BCUT2D eigenvalue weighted by Gasteiger charge is -2.13. The minimum Gasteiger partial charge on any atom is -0.478 e. The molecule has 0 bridgehead atoms. The lowest BCUT2D eigenvalue weighted by atomic mass is 10.1. The Kier molecular flexibility index (Phi) is 4.48. The van der Waals surface area contributed by atoms with Gasteiger partial charge in [0.2, 0.25) is 5.91 Å². The van der Waals surface area contributed by atoms with Gasteiger partial charge in [0.1, 0.15) is 5.56 Å². The topological polar surface area (TPSA) is 78.4 Å². The summed E-state index contributed by atoms with van der Waals surface area (Å²) in [5.74, 6) is -1.50. The zero-order valence-corrected chi connectivity index (χ0v) is 10.2. The van der Waals surface area contributed by atoms with Gasteiger partial charge in [0.25, 0.3) is 0 Å². The molecule has 0 radical (unpaired) electrons. The summed E-state index contributed by atoms with van der Waals surface area (Å²) in [4.78, 5) is 22.6. The summed E-state index contributed by atoms with van der Waals surface area (Å²) in [5, 5.41) is 14.4. The smallest absolute Gasteiger partial charge is 0.339 e. The summed E-state index contributed by atoms with van der Waals surface area (Å²) in [6.45, 7) is 1.67. The SMILES string of the molecule is CNC(C)C(=O)Nc1cccc(Cl)c1C(=O)O. The van der Waals surface area contributed by atoms with Gasteiger partial charge in [-0.25, -0.2) is 4.79 Å². The van der Waals surface area contributed by atoms with Crippen LogP contribution in [0.5, 0.6) is 0 Å². The standard InChI is InChI=1S/C11H13ClN2O3/c1-6(13-2)10(15)14-8-5-3-4-7(12)9(8)11(16)17/h3-6,13H,1-2H3,(H,14,15)(H,16,17). The third-order valence-corrected chi connectivity index (χ3v) is 2.63. The molecule has 1 rings (SSSR count). The average Bonchev–Trinajstić information content (AvgIpc) is 2.27. The summed E-state index contributed by atoms with van der Waals surface area (Å²) in [7, 11) is 1.64. The number of hydrogen-bond donors (Lipinski definition) is 3. The molecule has 1 unspecified atom stereocenters. The second kappa shape index (κ2) is 5.65. The van der Waals surface area contributed by atoms with Crippen LogP contribution in [0.1, 0.15) is 17.3 Å². The molecule has 0 spiro atoms. The molecule has 0 saturated heterocycles. The van der Waals surface area contributed by atoms with Crippen molar-refractivity contribution in [2.75, 3.05) is 12.4 Å². The van der Waals surface area contributed by atoms with Gasteiger partial charge in [-0.3, -0.25) is 4.79 Å². The zero-order valence-electron chi connectivity index (χ0n) is 9.45. The maximum atomic E-state index is 11.6. The molecule has 5 nitrogen and oxygen atoms in total. The average molecular weight is 257 g/mol. The Morgan fingerprint density at radius 2 is 2.06 bits per heavy atom. The molecule has 0 heterocycles. The van der Waals surface area contributed by atoms with Gasteiger partial charge < -0.3 is 15.7 Å². The first-order chi connectivity index (χ1) is 7.97. The highest BCUT2D eigenvalue weighted by Crippen LogP contribution is 2.24. The number of carboxylic acids is 1. The van der Waals surface area contributed by atoms with Crippen LogP contribution in [0.15, 0.2) is 18.2 Å². The number of carbonyl (C=O) groups is 2. The van der Waals surface area contributed by atoms with Crippen molar-refractivity contribution >= 4 is 29.2 Å². The molecule has 92 valence electrons. The molecular weight excluding hydrogens is 244 g/mol. The Morgan fingerprint density at radius 3 is 2.59 bits per heavy atom. The van der Waals surface area contributed by atoms with Gasteiger partial charge in [-0.1, -0.05) is 17.7 Å². The van der Waals surface area contributed by atoms with E-state index in [1.165, 1.54) is 12.1 Å². The summed E-state index contributed by atoms with van der Waals surface area (Å²) in [6, 6.07) is 4.11. The highest BCUT2D eigenvalue weighted by molar-refractivity contribution is 6.34. The molecule has 1 aromatic rings. The van der Waals surface area contributed by atoms with Crippen molar-refractivity contribution in [1.29, 1.82) is 0 Å². The summed E-state index contributed by atoms with van der Waals surface area (Å²) >= 11 is 5.77. The van der Waals surface area contributed by atoms with Gasteiger partial charge in [-0.2, -0.15) is 0 Å². The number of nitrogens with one attached hydrogen (secondary N) is 2. The Labute approximate surface area is 104 Å². The van der Waals surface area contributed by atoms with Gasteiger partial charge in [-0.15, -0.1) is 0 Å². The molecule has 0 aliphatic heterocycles. The largest absolute Gasteiger partial charge is 0.478 e. The monoisotopic (exact) mass is 256 g/mol. The maximum absolute atomic E-state index is 11.6. The molecule has 0 aliphatic carbocycles. The minimum absolute atomic E-state index is 0.0902. The van der Waals surface area contributed by atoms with Gasteiger partial charge in [-0.05, 0) is 26.1 Å². The quantitative estimate of drug-likeness (QED) is 0.764. The van der Waals surface area contributed by atoms with E-state index < -0.39 is 12.0 Å². The predicted octanol–water partition coefficient (Wildman–Crippen LogP) is 1.58. The van der Waals surface area contributed by atoms with Crippen LogP contribution in [-0.2, 0) is 4.79 Å². The van der Waals surface area contributed by atoms with E-state index >= 15 is 0 Å². The van der Waals surface area contributed by atoms with E-state index in [-0.39, 0.29) is 22.2 Å². The number of rotatable bonds is 4. The highest BCUT2D eigenvalue weighted by Gasteiger charge is 2.18. The number of likely N-dealkylation sites (N-methyl/N-ethyl adjacent to an activating group) is 1. The summed E-state index contributed by atoms with van der Waals surface area (Å²) in [6.07, 6.45) is 0. The molecular formula is C11H13ClN2O3. The van der Waals surface area contributed by atoms with E-state index in [1.807, 2.05) is 0 Å². The number of aromatic carboxylic acids is 1. The number of amides is 1. The van der Waals surface area contributed by atoms with Crippen molar-refractivity contribution in [2.24, 2.45) is 0 Å². The van der Waals surface area contributed by atoms with Crippen molar-refractivity contribution in [1.82, 2.24) is 5.32 Å². The van der Waals surface area contributed by atoms with E-state index in [9.17, 15) is 9.59 Å². The van der Waals surface area contributed by atoms with Gasteiger partial charge >= 0.3 is 5.97 Å². The number of anilines is 1. The summed E-state index contributed by atoms with van der Waals surface area (Å²) in [5.41, 5.74) is 0.0860. The van der Waals surface area contributed by atoms with Crippen molar-refractivity contribution in [3.8, 4) is 0 Å². The molecule has 0 saturated carbocycles. The van der Waals surface area contributed by atoms with Crippen LogP contribution in [0.4, 0.5) is 5.69 Å². The molecule has 0 fully saturated rings. The molecule has 0 aromatic heterocycles. The van der Waals surface area contributed by atoms with Crippen LogP contribution in [0, 0.1) is 0 Å². The first-order valence-corrected chi connectivity index (χ1v) is 5.35. The van der Waals surface area contributed by atoms with E-state index in [4.69, 9.17) is 16.7 Å². The van der Waals surface area contributed by atoms with Crippen molar-refractivity contribution in [3.63, 3.8) is 0 Å². The number of carbonyl (C=O) groups excluding carboxylic acids is 1. The molecule has 1 aromatic carbocycles. The number of halogens is 1. The van der Waals surface area contributed by atoms with Crippen LogP contribution >= 0.6 is 11.6 Å². The molecule has 0 aliphatic rings. The fraction of sp³-hybridized carbons (Fsp3) is 0.273. The van der Waals surface area contributed by atoms with Gasteiger partial charge in [0, 0.05) is 0 Å². The van der Waals surface area contributed by atoms with Crippen LogP contribution in [-0.4, -0.2) is 30.1 Å². The van der Waals surface area contributed by atoms with E-state index in [0.717, 1.165) is 0 Å². The van der Waals surface area contributed by atoms with E-state index in [0.29, 0.717) is 0 Å². The Balaban J connectivity index is 3.03.